The van der Waals surface area contributed by atoms with E-state index in [1.807, 2.05) is 28.6 Å². The number of hydrogen-bond donors (Lipinski definition) is 0. The number of piperazine rings is 1. The number of halogens is 1. The zero-order valence-corrected chi connectivity index (χ0v) is 14.9. The molecule has 2 heterocycles. The highest BCUT2D eigenvalue weighted by Crippen LogP contribution is 2.18. The van der Waals surface area contributed by atoms with Crippen molar-refractivity contribution in [1.82, 2.24) is 18.3 Å². The summed E-state index contributed by atoms with van der Waals surface area (Å²) in [5, 5.41) is 0. The molecule has 130 valence electrons. The van der Waals surface area contributed by atoms with Gasteiger partial charge in [-0.15, -0.1) is 0 Å². The predicted molar refractivity (Wildman–Crippen MR) is 91.0 cm³/mol. The molecular formula is C15H19FN4O2S2. The minimum atomic E-state index is -3.65. The van der Waals surface area contributed by atoms with Gasteiger partial charge in [-0.05, 0) is 30.4 Å². The highest BCUT2D eigenvalue weighted by Gasteiger charge is 2.28. The highest BCUT2D eigenvalue weighted by molar-refractivity contribution is 7.89. The summed E-state index contributed by atoms with van der Waals surface area (Å²) in [6.45, 7) is 2.59. The highest BCUT2D eigenvalue weighted by atomic mass is 32.2. The summed E-state index contributed by atoms with van der Waals surface area (Å²) in [4.78, 5) is 2.15. The number of nitrogens with zero attached hydrogens (tertiary/aromatic N) is 4. The van der Waals surface area contributed by atoms with Crippen LogP contribution in [0.5, 0.6) is 0 Å². The van der Waals surface area contributed by atoms with E-state index in [9.17, 15) is 12.8 Å². The third kappa shape index (κ3) is 3.44. The van der Waals surface area contributed by atoms with Gasteiger partial charge >= 0.3 is 0 Å². The molecule has 1 aliphatic heterocycles. The smallest absolute Gasteiger partial charge is 0.243 e. The molecule has 0 saturated carbocycles. The Balaban J connectivity index is 1.66. The maximum absolute atomic E-state index is 13.3. The van der Waals surface area contributed by atoms with Gasteiger partial charge in [0.05, 0.1) is 11.6 Å². The quantitative estimate of drug-likeness (QED) is 0.768. The van der Waals surface area contributed by atoms with Gasteiger partial charge in [-0.2, -0.15) is 4.31 Å². The van der Waals surface area contributed by atoms with E-state index in [2.05, 4.69) is 4.90 Å². The number of benzene rings is 1. The number of imidazole rings is 1. The summed E-state index contributed by atoms with van der Waals surface area (Å²) >= 11 is 5.31. The number of hydrogen-bond acceptors (Lipinski definition) is 4. The average molecular weight is 370 g/mol. The van der Waals surface area contributed by atoms with Crippen LogP contribution in [0.4, 0.5) is 4.39 Å². The Kier molecular flexibility index (Phi) is 4.86. The number of rotatable bonds is 4. The molecule has 0 N–H and O–H groups in total. The van der Waals surface area contributed by atoms with Crippen molar-refractivity contribution in [3.63, 3.8) is 0 Å². The molecule has 0 atom stereocenters. The van der Waals surface area contributed by atoms with Crippen molar-refractivity contribution in [1.29, 1.82) is 0 Å². The van der Waals surface area contributed by atoms with Gasteiger partial charge < -0.3 is 9.13 Å². The van der Waals surface area contributed by atoms with Crippen LogP contribution in [0.25, 0.3) is 0 Å². The second-order valence-electron chi connectivity index (χ2n) is 5.78. The number of aromatic nitrogens is 2. The van der Waals surface area contributed by atoms with E-state index >= 15 is 0 Å². The van der Waals surface area contributed by atoms with Crippen molar-refractivity contribution in [2.45, 2.75) is 11.6 Å². The van der Waals surface area contributed by atoms with Gasteiger partial charge in [-0.1, -0.05) is 6.07 Å². The van der Waals surface area contributed by atoms with Crippen LogP contribution in [0.15, 0.2) is 41.6 Å². The Bertz CT molecular complexity index is 883. The minimum Gasteiger partial charge on any atom is -0.327 e. The SMILES string of the molecule is Cn1ccn(CN2CCN(S(=O)(=O)c3cccc(F)c3)CC2)c1=S. The Labute approximate surface area is 145 Å². The molecule has 1 saturated heterocycles. The molecule has 1 aromatic carbocycles. The molecule has 0 spiro atoms. The van der Waals surface area contributed by atoms with Gasteiger partial charge in [0, 0.05) is 45.6 Å². The van der Waals surface area contributed by atoms with Gasteiger partial charge in [0.2, 0.25) is 10.0 Å². The standard InChI is InChI=1S/C15H19FN4O2S2/c1-17-5-8-19(15(17)23)12-18-6-9-20(10-7-18)24(21,22)14-4-2-3-13(16)11-14/h2-5,8,11H,6-7,9-10,12H2,1H3. The van der Waals surface area contributed by atoms with Gasteiger partial charge in [0.25, 0.3) is 0 Å². The van der Waals surface area contributed by atoms with E-state index in [4.69, 9.17) is 12.2 Å². The van der Waals surface area contributed by atoms with Crippen molar-refractivity contribution < 1.29 is 12.8 Å². The van der Waals surface area contributed by atoms with Crippen molar-refractivity contribution in [3.8, 4) is 0 Å². The van der Waals surface area contributed by atoms with E-state index in [0.717, 1.165) is 10.8 Å². The van der Waals surface area contributed by atoms with Crippen LogP contribution in [0.2, 0.25) is 0 Å². The largest absolute Gasteiger partial charge is 0.327 e. The number of aryl methyl sites for hydroxylation is 1. The summed E-state index contributed by atoms with van der Waals surface area (Å²) in [5.41, 5.74) is 0. The summed E-state index contributed by atoms with van der Waals surface area (Å²) in [6.07, 6.45) is 3.81. The maximum Gasteiger partial charge on any atom is 0.243 e. The maximum atomic E-state index is 13.3. The first-order chi connectivity index (χ1) is 11.4. The van der Waals surface area contributed by atoms with E-state index in [1.165, 1.54) is 22.5 Å². The molecule has 0 amide bonds. The van der Waals surface area contributed by atoms with Crippen LogP contribution in [-0.2, 0) is 23.7 Å². The average Bonchev–Trinajstić information content (AvgIpc) is 2.87. The van der Waals surface area contributed by atoms with Gasteiger partial charge in [0.1, 0.15) is 5.82 Å². The lowest BCUT2D eigenvalue weighted by Gasteiger charge is -2.34. The van der Waals surface area contributed by atoms with Crippen LogP contribution < -0.4 is 0 Å². The predicted octanol–water partition coefficient (Wildman–Crippen LogP) is 1.66. The fraction of sp³-hybridized carbons (Fsp3) is 0.400. The first-order valence-corrected chi connectivity index (χ1v) is 9.42. The summed E-state index contributed by atoms with van der Waals surface area (Å²) in [7, 11) is -1.76. The van der Waals surface area contributed by atoms with Crippen LogP contribution in [0, 0.1) is 10.6 Å². The number of sulfonamides is 1. The Morgan fingerprint density at radius 1 is 1.17 bits per heavy atom. The van der Waals surface area contributed by atoms with E-state index in [-0.39, 0.29) is 4.90 Å². The van der Waals surface area contributed by atoms with Crippen molar-refractivity contribution in [2.75, 3.05) is 26.2 Å². The third-order valence-corrected chi connectivity index (χ3v) is 6.55. The van der Waals surface area contributed by atoms with Crippen LogP contribution >= 0.6 is 12.2 Å². The zero-order valence-electron chi connectivity index (χ0n) is 13.3. The lowest BCUT2D eigenvalue weighted by atomic mass is 10.4. The molecule has 1 aliphatic rings. The second-order valence-corrected chi connectivity index (χ2v) is 8.09. The fourth-order valence-corrected chi connectivity index (χ4v) is 4.36. The molecule has 1 aromatic heterocycles. The van der Waals surface area contributed by atoms with Gasteiger partial charge in [-0.3, -0.25) is 4.90 Å². The lowest BCUT2D eigenvalue weighted by Crippen LogP contribution is -2.48. The molecule has 0 aliphatic carbocycles. The fourth-order valence-electron chi connectivity index (χ4n) is 2.72. The van der Waals surface area contributed by atoms with Crippen molar-refractivity contribution in [3.05, 3.63) is 47.2 Å². The van der Waals surface area contributed by atoms with Crippen LogP contribution in [-0.4, -0.2) is 52.9 Å². The minimum absolute atomic E-state index is 0.00114. The Morgan fingerprint density at radius 2 is 1.88 bits per heavy atom. The van der Waals surface area contributed by atoms with E-state index in [1.54, 1.807) is 0 Å². The zero-order chi connectivity index (χ0) is 17.3. The summed E-state index contributed by atoms with van der Waals surface area (Å²) < 4.78 is 44.4. The topological polar surface area (TPSA) is 50.5 Å². The molecule has 2 aromatic rings. The van der Waals surface area contributed by atoms with Crippen molar-refractivity contribution >= 4 is 22.2 Å². The monoisotopic (exact) mass is 370 g/mol. The molecule has 0 bridgehead atoms. The Hall–Kier alpha value is -1.55. The molecule has 9 heteroatoms. The van der Waals surface area contributed by atoms with Gasteiger partial charge in [0.15, 0.2) is 4.77 Å². The summed E-state index contributed by atoms with van der Waals surface area (Å²) in [5.74, 6) is -0.548. The third-order valence-electron chi connectivity index (χ3n) is 4.14. The molecular weight excluding hydrogens is 351 g/mol. The molecule has 1 fully saturated rings. The van der Waals surface area contributed by atoms with Crippen LogP contribution in [0.1, 0.15) is 0 Å². The molecule has 0 radical (unpaired) electrons. The van der Waals surface area contributed by atoms with Gasteiger partial charge in [-0.25, -0.2) is 12.8 Å². The van der Waals surface area contributed by atoms with E-state index in [0.29, 0.717) is 32.8 Å². The summed E-state index contributed by atoms with van der Waals surface area (Å²) in [6, 6.07) is 5.13. The van der Waals surface area contributed by atoms with Crippen molar-refractivity contribution in [2.24, 2.45) is 7.05 Å². The van der Waals surface area contributed by atoms with E-state index < -0.39 is 15.8 Å². The second kappa shape index (κ2) is 6.75. The lowest BCUT2D eigenvalue weighted by molar-refractivity contribution is 0.151. The molecule has 0 unspecified atom stereocenters. The first kappa shape index (κ1) is 17.3. The molecule has 3 rings (SSSR count). The Morgan fingerprint density at radius 3 is 2.46 bits per heavy atom. The first-order valence-electron chi connectivity index (χ1n) is 7.58. The molecule has 24 heavy (non-hydrogen) atoms. The normalized spacial score (nSPS) is 17.2. The molecule has 6 nitrogen and oxygen atoms in total. The van der Waals surface area contributed by atoms with Crippen LogP contribution in [0.3, 0.4) is 0 Å².